The Labute approximate surface area is 176 Å². The van der Waals surface area contributed by atoms with Crippen LogP contribution in [0.25, 0.3) is 0 Å². The monoisotopic (exact) mass is 437 g/mol. The average molecular weight is 438 g/mol. The number of urea groups is 1. The summed E-state index contributed by atoms with van der Waals surface area (Å²) in [6, 6.07) is 6.74. The van der Waals surface area contributed by atoms with E-state index in [0.717, 1.165) is 12.8 Å². The third kappa shape index (κ3) is 4.91. The van der Waals surface area contributed by atoms with Gasteiger partial charge >= 0.3 is 6.03 Å². The van der Waals surface area contributed by atoms with E-state index in [1.54, 1.807) is 29.2 Å². The number of hydrogen-bond donors (Lipinski definition) is 2. The van der Waals surface area contributed by atoms with Crippen LogP contribution in [0, 0.1) is 5.92 Å². The molecule has 3 fully saturated rings. The highest BCUT2D eigenvalue weighted by Gasteiger charge is 2.34. The maximum Gasteiger partial charge on any atom is 0.321 e. The molecule has 1 saturated carbocycles. The second-order valence-corrected chi connectivity index (χ2v) is 9.61. The van der Waals surface area contributed by atoms with E-state index in [-0.39, 0.29) is 30.9 Å². The summed E-state index contributed by atoms with van der Waals surface area (Å²) in [6.07, 6.45) is 1.85. The molecule has 0 bridgehead atoms. The number of carbonyl (C=O) groups excluding carboxylic acids is 2. The van der Waals surface area contributed by atoms with Gasteiger partial charge in [0.2, 0.25) is 5.91 Å². The second-order valence-electron chi connectivity index (χ2n) is 7.68. The highest BCUT2D eigenvalue weighted by Crippen LogP contribution is 2.30. The summed E-state index contributed by atoms with van der Waals surface area (Å²) in [4.78, 5) is 26.1. The smallest absolute Gasteiger partial charge is 0.321 e. The first-order valence-corrected chi connectivity index (χ1v) is 11.6. The molecule has 1 aromatic carbocycles. The van der Waals surface area contributed by atoms with E-state index in [0.29, 0.717) is 50.8 Å². The van der Waals surface area contributed by atoms with E-state index >= 15 is 0 Å². The molecule has 0 unspecified atom stereocenters. The lowest BCUT2D eigenvalue weighted by Gasteiger charge is -2.37. The molecule has 0 atom stereocenters. The van der Waals surface area contributed by atoms with E-state index < -0.39 is 10.2 Å². The van der Waals surface area contributed by atoms with Gasteiger partial charge in [0.1, 0.15) is 0 Å². The minimum Gasteiger partial charge on any atom is -0.379 e. The lowest BCUT2D eigenvalue weighted by Crippen LogP contribution is -2.56. The zero-order chi connectivity index (χ0) is 21.1. The summed E-state index contributed by atoms with van der Waals surface area (Å²) in [5.74, 6) is 0.115. The summed E-state index contributed by atoms with van der Waals surface area (Å²) in [5, 5.41) is 5.69. The SMILES string of the molecule is O=C(Nc1cccc(NC(=O)N2CCN(S(=O)(=O)N3CCOCC3)CC2)c1)C1CC1. The van der Waals surface area contributed by atoms with Gasteiger partial charge in [0.15, 0.2) is 0 Å². The quantitative estimate of drug-likeness (QED) is 0.707. The van der Waals surface area contributed by atoms with Gasteiger partial charge in [0.25, 0.3) is 10.2 Å². The standard InChI is InChI=1S/C19H27N5O5S/c25-18(15-4-5-15)20-16-2-1-3-17(14-16)21-19(26)22-6-8-23(9-7-22)30(27,28)24-10-12-29-13-11-24/h1-3,14-15H,4-13H2,(H,20,25)(H,21,26). The second kappa shape index (κ2) is 8.88. The Kier molecular flexibility index (Phi) is 6.23. The summed E-state index contributed by atoms with van der Waals surface area (Å²) in [5.41, 5.74) is 1.23. The molecule has 2 aliphatic heterocycles. The molecule has 2 heterocycles. The molecule has 30 heavy (non-hydrogen) atoms. The molecule has 2 saturated heterocycles. The molecule has 0 radical (unpaired) electrons. The largest absolute Gasteiger partial charge is 0.379 e. The number of amides is 3. The highest BCUT2D eigenvalue weighted by atomic mass is 32.2. The fourth-order valence-corrected chi connectivity index (χ4v) is 5.09. The lowest BCUT2D eigenvalue weighted by molar-refractivity contribution is -0.117. The Bertz CT molecular complexity index is 890. The molecule has 3 amide bonds. The predicted molar refractivity (Wildman–Crippen MR) is 111 cm³/mol. The van der Waals surface area contributed by atoms with Crippen LogP contribution in [0.15, 0.2) is 24.3 Å². The third-order valence-corrected chi connectivity index (χ3v) is 7.51. The Morgan fingerprint density at radius 3 is 2.13 bits per heavy atom. The van der Waals surface area contributed by atoms with Crippen LogP contribution in [-0.2, 0) is 19.7 Å². The molecular formula is C19H27N5O5S. The molecule has 0 spiro atoms. The fraction of sp³-hybridized carbons (Fsp3) is 0.579. The van der Waals surface area contributed by atoms with Crippen molar-refractivity contribution in [3.8, 4) is 0 Å². The zero-order valence-corrected chi connectivity index (χ0v) is 17.6. The van der Waals surface area contributed by atoms with Crippen LogP contribution in [0.1, 0.15) is 12.8 Å². The van der Waals surface area contributed by atoms with Gasteiger partial charge in [-0.15, -0.1) is 0 Å². The molecule has 2 N–H and O–H groups in total. The molecule has 3 aliphatic rings. The van der Waals surface area contributed by atoms with E-state index in [1.807, 2.05) is 0 Å². The number of morpholine rings is 1. The van der Waals surface area contributed by atoms with Gasteiger partial charge in [-0.1, -0.05) is 6.07 Å². The van der Waals surface area contributed by atoms with Gasteiger partial charge in [-0.2, -0.15) is 17.0 Å². The van der Waals surface area contributed by atoms with Gasteiger partial charge in [0.05, 0.1) is 13.2 Å². The van der Waals surface area contributed by atoms with Crippen molar-refractivity contribution < 1.29 is 22.7 Å². The molecule has 10 nitrogen and oxygen atoms in total. The van der Waals surface area contributed by atoms with Crippen molar-refractivity contribution in [3.05, 3.63) is 24.3 Å². The number of nitrogens with one attached hydrogen (secondary N) is 2. The van der Waals surface area contributed by atoms with Crippen LogP contribution in [-0.4, -0.2) is 86.3 Å². The summed E-state index contributed by atoms with van der Waals surface area (Å²) < 4.78 is 33.5. The predicted octanol–water partition coefficient (Wildman–Crippen LogP) is 0.762. The summed E-state index contributed by atoms with van der Waals surface area (Å²) in [6.45, 7) is 2.66. The van der Waals surface area contributed by atoms with Crippen LogP contribution >= 0.6 is 0 Å². The number of carbonyl (C=O) groups is 2. The van der Waals surface area contributed by atoms with Gasteiger partial charge in [-0.25, -0.2) is 4.79 Å². The Morgan fingerprint density at radius 1 is 0.900 bits per heavy atom. The maximum atomic E-state index is 12.7. The van der Waals surface area contributed by atoms with Crippen LogP contribution in [0.5, 0.6) is 0 Å². The van der Waals surface area contributed by atoms with Crippen molar-refractivity contribution in [3.63, 3.8) is 0 Å². The molecule has 1 aliphatic carbocycles. The molecule has 0 aromatic heterocycles. The maximum absolute atomic E-state index is 12.7. The zero-order valence-electron chi connectivity index (χ0n) is 16.7. The first-order valence-electron chi connectivity index (χ1n) is 10.2. The number of piperazine rings is 1. The normalized spacial score (nSPS) is 21.3. The number of anilines is 2. The molecule has 1 aromatic rings. The van der Waals surface area contributed by atoms with Crippen molar-refractivity contribution in [2.45, 2.75) is 12.8 Å². The number of nitrogens with zero attached hydrogens (tertiary/aromatic N) is 3. The Morgan fingerprint density at radius 2 is 1.50 bits per heavy atom. The topological polar surface area (TPSA) is 111 Å². The Hall–Kier alpha value is -2.21. The summed E-state index contributed by atoms with van der Waals surface area (Å²) in [7, 11) is -3.52. The van der Waals surface area contributed by atoms with Crippen LogP contribution < -0.4 is 10.6 Å². The van der Waals surface area contributed by atoms with Gasteiger partial charge < -0.3 is 20.3 Å². The van der Waals surface area contributed by atoms with Crippen molar-refractivity contribution in [2.24, 2.45) is 5.92 Å². The lowest BCUT2D eigenvalue weighted by atomic mass is 10.2. The third-order valence-electron chi connectivity index (χ3n) is 5.48. The highest BCUT2D eigenvalue weighted by molar-refractivity contribution is 7.86. The number of benzene rings is 1. The van der Waals surface area contributed by atoms with E-state index in [4.69, 9.17) is 4.74 Å². The van der Waals surface area contributed by atoms with Crippen LogP contribution in [0.2, 0.25) is 0 Å². The van der Waals surface area contributed by atoms with Gasteiger partial charge in [0, 0.05) is 56.6 Å². The van der Waals surface area contributed by atoms with Crippen LogP contribution in [0.4, 0.5) is 16.2 Å². The average Bonchev–Trinajstić information content (AvgIpc) is 3.60. The first-order chi connectivity index (χ1) is 14.4. The van der Waals surface area contributed by atoms with E-state index in [9.17, 15) is 18.0 Å². The molecular weight excluding hydrogens is 410 g/mol. The van der Waals surface area contributed by atoms with Crippen molar-refractivity contribution in [1.29, 1.82) is 0 Å². The number of ether oxygens (including phenoxy) is 1. The summed E-state index contributed by atoms with van der Waals surface area (Å²) >= 11 is 0. The van der Waals surface area contributed by atoms with Crippen LogP contribution in [0.3, 0.4) is 0 Å². The van der Waals surface area contributed by atoms with Crippen molar-refractivity contribution in [1.82, 2.24) is 13.5 Å². The minimum absolute atomic E-state index is 0.0103. The van der Waals surface area contributed by atoms with Crippen molar-refractivity contribution >= 4 is 33.5 Å². The number of rotatable bonds is 5. The van der Waals surface area contributed by atoms with Gasteiger partial charge in [-0.05, 0) is 31.0 Å². The first kappa shape index (κ1) is 21.0. The van der Waals surface area contributed by atoms with E-state index in [2.05, 4.69) is 10.6 Å². The molecule has 164 valence electrons. The van der Waals surface area contributed by atoms with Crippen molar-refractivity contribution in [2.75, 3.05) is 63.1 Å². The Balaban J connectivity index is 1.29. The minimum atomic E-state index is -3.52. The van der Waals surface area contributed by atoms with E-state index in [1.165, 1.54) is 8.61 Å². The number of hydrogen-bond acceptors (Lipinski definition) is 5. The molecule has 11 heteroatoms. The molecule has 4 rings (SSSR count). The fourth-order valence-electron chi connectivity index (χ4n) is 3.53. The van der Waals surface area contributed by atoms with Gasteiger partial charge in [-0.3, -0.25) is 4.79 Å².